The molecule has 2 aromatic rings. The van der Waals surface area contributed by atoms with Gasteiger partial charge in [-0.2, -0.15) is 0 Å². The number of hydrogen-bond donors (Lipinski definition) is 1. The number of hydrogen-bond acceptors (Lipinski definition) is 4. The molecule has 7 nitrogen and oxygen atoms in total. The van der Waals surface area contributed by atoms with Gasteiger partial charge in [-0.3, -0.25) is 13.9 Å². The number of carbonyl (C=O) groups is 2. The highest BCUT2D eigenvalue weighted by Gasteiger charge is 2.26. The lowest BCUT2D eigenvalue weighted by Crippen LogP contribution is -2.47. The number of sulfonamides is 1. The second-order valence-electron chi connectivity index (χ2n) is 7.63. The Hall–Kier alpha value is -2.65. The highest BCUT2D eigenvalue weighted by atomic mass is 35.5. The summed E-state index contributed by atoms with van der Waals surface area (Å²) in [6.45, 7) is 4.05. The van der Waals surface area contributed by atoms with Crippen LogP contribution in [0.5, 0.6) is 0 Å². The summed E-state index contributed by atoms with van der Waals surface area (Å²) in [5, 5.41) is 3.19. The molecule has 0 aliphatic rings. The molecule has 0 bridgehead atoms. The van der Waals surface area contributed by atoms with Crippen molar-refractivity contribution in [2.45, 2.75) is 39.3 Å². The Morgan fingerprint density at radius 1 is 1.09 bits per heavy atom. The molecular formula is C23H29ClFN3O4S. The lowest BCUT2D eigenvalue weighted by atomic mass is 10.1. The number of halogens is 2. The van der Waals surface area contributed by atoms with Crippen LogP contribution < -0.4 is 9.62 Å². The minimum Gasteiger partial charge on any atom is -0.355 e. The van der Waals surface area contributed by atoms with Gasteiger partial charge < -0.3 is 10.2 Å². The molecule has 0 spiro atoms. The van der Waals surface area contributed by atoms with Gasteiger partial charge in [0, 0.05) is 31.1 Å². The van der Waals surface area contributed by atoms with E-state index in [2.05, 4.69) is 5.32 Å². The molecule has 0 radical (unpaired) electrons. The van der Waals surface area contributed by atoms with Gasteiger partial charge in [0.2, 0.25) is 21.8 Å². The summed E-state index contributed by atoms with van der Waals surface area (Å²) < 4.78 is 39.0. The first kappa shape index (κ1) is 26.6. The highest BCUT2D eigenvalue weighted by Crippen LogP contribution is 2.21. The number of likely N-dealkylation sites (N-methyl/N-ethyl adjacent to an activating group) is 1. The van der Waals surface area contributed by atoms with Crippen LogP contribution >= 0.6 is 11.6 Å². The molecule has 0 aliphatic heterocycles. The predicted molar refractivity (Wildman–Crippen MR) is 128 cm³/mol. The molecule has 0 aliphatic carbocycles. The van der Waals surface area contributed by atoms with E-state index in [4.69, 9.17) is 11.6 Å². The van der Waals surface area contributed by atoms with Gasteiger partial charge >= 0.3 is 0 Å². The van der Waals surface area contributed by atoms with Crippen molar-refractivity contribution in [3.05, 3.63) is 64.9 Å². The van der Waals surface area contributed by atoms with Gasteiger partial charge in [-0.25, -0.2) is 12.8 Å². The molecule has 10 heteroatoms. The lowest BCUT2D eigenvalue weighted by Gasteiger charge is -2.29. The maximum absolute atomic E-state index is 13.3. The van der Waals surface area contributed by atoms with Gasteiger partial charge in [-0.1, -0.05) is 23.7 Å². The van der Waals surface area contributed by atoms with Crippen molar-refractivity contribution in [1.29, 1.82) is 0 Å². The summed E-state index contributed by atoms with van der Waals surface area (Å²) >= 11 is 5.89. The highest BCUT2D eigenvalue weighted by molar-refractivity contribution is 7.92. The SMILES string of the molecule is CCNC(=O)[C@@H](C)N(Cc1ccc(F)cc1)C(=O)CCCN(c1ccc(Cl)cc1)S(C)(=O)=O. The average molecular weight is 498 g/mol. The minimum atomic E-state index is -3.57. The molecule has 0 unspecified atom stereocenters. The van der Waals surface area contributed by atoms with E-state index in [9.17, 15) is 22.4 Å². The number of nitrogens with zero attached hydrogens (tertiary/aromatic N) is 2. The normalized spacial score (nSPS) is 12.2. The molecule has 0 heterocycles. The van der Waals surface area contributed by atoms with E-state index >= 15 is 0 Å². The van der Waals surface area contributed by atoms with Gasteiger partial charge in [-0.15, -0.1) is 0 Å². The van der Waals surface area contributed by atoms with Crippen LogP contribution in [0.1, 0.15) is 32.3 Å². The molecule has 180 valence electrons. The van der Waals surface area contributed by atoms with Crippen molar-refractivity contribution < 1.29 is 22.4 Å². The molecule has 0 aromatic heterocycles. The number of rotatable bonds is 11. The van der Waals surface area contributed by atoms with Gasteiger partial charge in [0.15, 0.2) is 0 Å². The Bertz CT molecular complexity index is 1050. The number of benzene rings is 2. The molecule has 0 fully saturated rings. The molecule has 0 saturated carbocycles. The molecular weight excluding hydrogens is 469 g/mol. The van der Waals surface area contributed by atoms with E-state index in [0.29, 0.717) is 22.8 Å². The summed E-state index contributed by atoms with van der Waals surface area (Å²) in [4.78, 5) is 26.9. The van der Waals surface area contributed by atoms with E-state index < -0.39 is 21.9 Å². The van der Waals surface area contributed by atoms with Crippen LogP contribution in [-0.4, -0.2) is 50.5 Å². The Balaban J connectivity index is 2.13. The Morgan fingerprint density at radius 2 is 1.70 bits per heavy atom. The zero-order valence-corrected chi connectivity index (χ0v) is 20.5. The van der Waals surface area contributed by atoms with E-state index in [0.717, 1.165) is 6.26 Å². The fraction of sp³-hybridized carbons (Fsp3) is 0.391. The Kier molecular flexibility index (Phi) is 9.67. The maximum atomic E-state index is 13.3. The van der Waals surface area contributed by atoms with E-state index in [1.165, 1.54) is 21.3 Å². The summed E-state index contributed by atoms with van der Waals surface area (Å²) in [6.07, 6.45) is 1.38. The first-order valence-corrected chi connectivity index (χ1v) is 12.8. The first-order valence-electron chi connectivity index (χ1n) is 10.6. The van der Waals surface area contributed by atoms with Crippen molar-refractivity contribution in [2.75, 3.05) is 23.7 Å². The van der Waals surface area contributed by atoms with Crippen LogP contribution in [0.4, 0.5) is 10.1 Å². The maximum Gasteiger partial charge on any atom is 0.242 e. The standard InChI is InChI=1S/C23H29ClFN3O4S/c1-4-26-23(30)17(2)27(16-18-7-11-20(25)12-8-18)22(29)6-5-15-28(33(3,31)32)21-13-9-19(24)10-14-21/h7-14,17H,4-6,15-16H2,1-3H3,(H,26,30)/t17-/m1/s1. The summed E-state index contributed by atoms with van der Waals surface area (Å²) in [7, 11) is -3.57. The zero-order valence-electron chi connectivity index (χ0n) is 18.9. The first-order chi connectivity index (χ1) is 15.5. The van der Waals surface area contributed by atoms with Crippen molar-refractivity contribution >= 4 is 39.1 Å². The lowest BCUT2D eigenvalue weighted by molar-refractivity contribution is -0.140. The quantitative estimate of drug-likeness (QED) is 0.514. The van der Waals surface area contributed by atoms with Crippen molar-refractivity contribution in [2.24, 2.45) is 0 Å². The molecule has 1 atom stereocenters. The third kappa shape index (κ3) is 8.01. The van der Waals surface area contributed by atoms with Gasteiger partial charge in [-0.05, 0) is 62.2 Å². The van der Waals surface area contributed by atoms with Gasteiger partial charge in [0.05, 0.1) is 11.9 Å². The topological polar surface area (TPSA) is 86.8 Å². The molecule has 2 amide bonds. The van der Waals surface area contributed by atoms with E-state index in [1.54, 1.807) is 50.2 Å². The monoisotopic (exact) mass is 497 g/mol. The Morgan fingerprint density at radius 3 is 2.24 bits per heavy atom. The third-order valence-electron chi connectivity index (χ3n) is 5.05. The number of amides is 2. The summed E-state index contributed by atoms with van der Waals surface area (Å²) in [5.41, 5.74) is 1.13. The molecule has 0 saturated heterocycles. The smallest absolute Gasteiger partial charge is 0.242 e. The average Bonchev–Trinajstić information content (AvgIpc) is 2.76. The summed E-state index contributed by atoms with van der Waals surface area (Å²) in [6, 6.07) is 11.4. The van der Waals surface area contributed by atoms with Crippen LogP contribution in [0.3, 0.4) is 0 Å². The predicted octanol–water partition coefficient (Wildman–Crippen LogP) is 3.58. The second-order valence-corrected chi connectivity index (χ2v) is 9.98. The van der Waals surface area contributed by atoms with Crippen LogP contribution in [-0.2, 0) is 26.2 Å². The fourth-order valence-corrected chi connectivity index (χ4v) is 4.39. The molecule has 2 aromatic carbocycles. The van der Waals surface area contributed by atoms with Crippen LogP contribution in [0.25, 0.3) is 0 Å². The third-order valence-corrected chi connectivity index (χ3v) is 6.50. The number of nitrogens with one attached hydrogen (secondary N) is 1. The van der Waals surface area contributed by atoms with Gasteiger partial charge in [0.25, 0.3) is 0 Å². The zero-order chi connectivity index (χ0) is 24.6. The minimum absolute atomic E-state index is 0.0323. The fourth-order valence-electron chi connectivity index (χ4n) is 3.30. The molecule has 2 rings (SSSR count). The molecule has 33 heavy (non-hydrogen) atoms. The van der Waals surface area contributed by atoms with Crippen molar-refractivity contribution in [1.82, 2.24) is 10.2 Å². The number of anilines is 1. The molecule has 1 N–H and O–H groups in total. The summed E-state index contributed by atoms with van der Waals surface area (Å²) in [5.74, 6) is -0.994. The largest absolute Gasteiger partial charge is 0.355 e. The second kappa shape index (κ2) is 12.0. The van der Waals surface area contributed by atoms with Crippen molar-refractivity contribution in [3.8, 4) is 0 Å². The van der Waals surface area contributed by atoms with Crippen LogP contribution in [0, 0.1) is 5.82 Å². The van der Waals surface area contributed by atoms with E-state index in [1.807, 2.05) is 0 Å². The van der Waals surface area contributed by atoms with Crippen LogP contribution in [0.2, 0.25) is 5.02 Å². The number of carbonyl (C=O) groups excluding carboxylic acids is 2. The van der Waals surface area contributed by atoms with Crippen LogP contribution in [0.15, 0.2) is 48.5 Å². The Labute approximate surface area is 199 Å². The van der Waals surface area contributed by atoms with Crippen molar-refractivity contribution in [3.63, 3.8) is 0 Å². The van der Waals surface area contributed by atoms with Gasteiger partial charge in [0.1, 0.15) is 11.9 Å². The van der Waals surface area contributed by atoms with E-state index in [-0.39, 0.29) is 37.7 Å².